The zero-order valence-corrected chi connectivity index (χ0v) is 17.7. The van der Waals surface area contributed by atoms with Crippen LogP contribution in [0.1, 0.15) is 36.0 Å². The van der Waals surface area contributed by atoms with E-state index in [1.165, 1.54) is 23.1 Å². The van der Waals surface area contributed by atoms with Crippen molar-refractivity contribution in [3.63, 3.8) is 0 Å². The van der Waals surface area contributed by atoms with Gasteiger partial charge < -0.3 is 4.74 Å². The molecule has 4 rings (SSSR count). The van der Waals surface area contributed by atoms with Gasteiger partial charge in [-0.2, -0.15) is 13.2 Å². The predicted octanol–water partition coefficient (Wildman–Crippen LogP) is 6.76. The second-order valence-corrected chi connectivity index (χ2v) is 8.19. The van der Waals surface area contributed by atoms with Crippen LogP contribution in [0.15, 0.2) is 66.7 Å². The molecule has 0 saturated heterocycles. The van der Waals surface area contributed by atoms with Gasteiger partial charge in [-0.25, -0.2) is 0 Å². The summed E-state index contributed by atoms with van der Waals surface area (Å²) in [7, 11) is 1.67. The number of alkyl halides is 3. The van der Waals surface area contributed by atoms with E-state index in [4.69, 9.17) is 4.74 Å². The van der Waals surface area contributed by atoms with Crippen LogP contribution in [-0.2, 0) is 6.18 Å². The van der Waals surface area contributed by atoms with Crippen molar-refractivity contribution in [1.82, 2.24) is 4.90 Å². The molecule has 0 amide bonds. The standard InChI is InChI=1S/C26H26F3NO/c1-18(20-6-7-23-16-25(31-2)9-8-22(23)14-20)17-30-12-10-19(11-13-30)21-4-3-5-24(15-21)26(27,28)29/h3-10,14-16,18H,11-13,17H2,1-2H3. The first-order valence-corrected chi connectivity index (χ1v) is 10.5. The van der Waals surface area contributed by atoms with Gasteiger partial charge in [-0.3, -0.25) is 4.90 Å². The molecule has 0 bridgehead atoms. The molecular formula is C26H26F3NO. The Morgan fingerprint density at radius 1 is 1.00 bits per heavy atom. The fourth-order valence-corrected chi connectivity index (χ4v) is 4.20. The number of hydrogen-bond acceptors (Lipinski definition) is 2. The van der Waals surface area contributed by atoms with Gasteiger partial charge in [0.05, 0.1) is 12.7 Å². The molecule has 0 aliphatic carbocycles. The quantitative estimate of drug-likeness (QED) is 0.448. The van der Waals surface area contributed by atoms with Gasteiger partial charge >= 0.3 is 6.18 Å². The minimum Gasteiger partial charge on any atom is -0.497 e. The van der Waals surface area contributed by atoms with Crippen LogP contribution in [0.5, 0.6) is 5.75 Å². The molecule has 1 atom stereocenters. The van der Waals surface area contributed by atoms with Crippen LogP contribution in [0.3, 0.4) is 0 Å². The molecule has 1 aliphatic heterocycles. The number of methoxy groups -OCH3 is 1. The number of rotatable bonds is 5. The number of fused-ring (bicyclic) bond motifs is 1. The number of ether oxygens (including phenoxy) is 1. The summed E-state index contributed by atoms with van der Waals surface area (Å²) in [6, 6.07) is 18.3. The number of benzene rings is 3. The van der Waals surface area contributed by atoms with E-state index in [1.54, 1.807) is 13.2 Å². The summed E-state index contributed by atoms with van der Waals surface area (Å²) >= 11 is 0. The highest BCUT2D eigenvalue weighted by atomic mass is 19.4. The van der Waals surface area contributed by atoms with E-state index in [0.717, 1.165) is 48.8 Å². The van der Waals surface area contributed by atoms with Crippen molar-refractivity contribution in [3.8, 4) is 5.75 Å². The summed E-state index contributed by atoms with van der Waals surface area (Å²) in [6.07, 6.45) is -1.48. The largest absolute Gasteiger partial charge is 0.497 e. The Bertz CT molecular complexity index is 1100. The molecule has 1 unspecified atom stereocenters. The molecule has 1 aliphatic rings. The molecule has 3 aromatic carbocycles. The van der Waals surface area contributed by atoms with Crippen molar-refractivity contribution in [3.05, 3.63) is 83.4 Å². The summed E-state index contributed by atoms with van der Waals surface area (Å²) in [6.45, 7) is 4.72. The number of hydrogen-bond donors (Lipinski definition) is 0. The minimum absolute atomic E-state index is 0.356. The zero-order chi connectivity index (χ0) is 22.0. The third-order valence-electron chi connectivity index (χ3n) is 6.03. The minimum atomic E-state index is -4.31. The van der Waals surface area contributed by atoms with Crippen molar-refractivity contribution < 1.29 is 17.9 Å². The molecule has 0 saturated carbocycles. The highest BCUT2D eigenvalue weighted by Crippen LogP contribution is 2.32. The monoisotopic (exact) mass is 425 g/mol. The van der Waals surface area contributed by atoms with Gasteiger partial charge in [-0.15, -0.1) is 0 Å². The van der Waals surface area contributed by atoms with E-state index in [9.17, 15) is 13.2 Å². The lowest BCUT2D eigenvalue weighted by Gasteiger charge is -2.29. The summed E-state index contributed by atoms with van der Waals surface area (Å²) in [5, 5.41) is 2.34. The Kier molecular flexibility index (Phi) is 6.05. The van der Waals surface area contributed by atoms with Crippen LogP contribution in [0.2, 0.25) is 0 Å². The maximum Gasteiger partial charge on any atom is 0.416 e. The van der Waals surface area contributed by atoms with Crippen molar-refractivity contribution in [2.24, 2.45) is 0 Å². The average molecular weight is 425 g/mol. The molecule has 2 nitrogen and oxygen atoms in total. The van der Waals surface area contributed by atoms with Gasteiger partial charge in [0.1, 0.15) is 5.75 Å². The van der Waals surface area contributed by atoms with Crippen LogP contribution >= 0.6 is 0 Å². The first kappa shape index (κ1) is 21.4. The first-order chi connectivity index (χ1) is 14.8. The van der Waals surface area contributed by atoms with Gasteiger partial charge in [0.25, 0.3) is 0 Å². The molecule has 3 aromatic rings. The molecule has 162 valence electrons. The summed E-state index contributed by atoms with van der Waals surface area (Å²) in [5.74, 6) is 1.21. The van der Waals surface area contributed by atoms with Crippen LogP contribution in [-0.4, -0.2) is 31.6 Å². The van der Waals surface area contributed by atoms with Crippen LogP contribution in [0.4, 0.5) is 13.2 Å². The Hall–Kier alpha value is -2.79. The van der Waals surface area contributed by atoms with Gasteiger partial charge in [-0.05, 0) is 64.1 Å². The van der Waals surface area contributed by atoms with E-state index >= 15 is 0 Å². The SMILES string of the molecule is COc1ccc2cc(C(C)CN3CC=C(c4cccc(C(F)(F)F)c4)CC3)ccc2c1. The zero-order valence-electron chi connectivity index (χ0n) is 17.7. The Morgan fingerprint density at radius 2 is 1.77 bits per heavy atom. The van der Waals surface area contributed by atoms with Crippen LogP contribution in [0, 0.1) is 0 Å². The molecule has 0 radical (unpaired) electrons. The highest BCUT2D eigenvalue weighted by molar-refractivity contribution is 5.84. The van der Waals surface area contributed by atoms with E-state index in [1.807, 2.05) is 12.1 Å². The molecule has 31 heavy (non-hydrogen) atoms. The Balaban J connectivity index is 1.42. The lowest BCUT2D eigenvalue weighted by Crippen LogP contribution is -2.32. The van der Waals surface area contributed by atoms with Gasteiger partial charge in [0.15, 0.2) is 0 Å². The summed E-state index contributed by atoms with van der Waals surface area (Å²) < 4.78 is 44.3. The molecule has 1 heterocycles. The summed E-state index contributed by atoms with van der Waals surface area (Å²) in [4.78, 5) is 2.36. The Morgan fingerprint density at radius 3 is 2.48 bits per heavy atom. The highest BCUT2D eigenvalue weighted by Gasteiger charge is 2.30. The lowest BCUT2D eigenvalue weighted by atomic mass is 9.95. The molecule has 5 heteroatoms. The van der Waals surface area contributed by atoms with Gasteiger partial charge in [0, 0.05) is 19.6 Å². The maximum absolute atomic E-state index is 13.0. The van der Waals surface area contributed by atoms with Crippen LogP contribution in [0.25, 0.3) is 16.3 Å². The number of halogens is 3. The second kappa shape index (κ2) is 8.75. The third kappa shape index (κ3) is 4.93. The van der Waals surface area contributed by atoms with Gasteiger partial charge in [-0.1, -0.05) is 49.4 Å². The fourth-order valence-electron chi connectivity index (χ4n) is 4.20. The maximum atomic E-state index is 13.0. The summed E-state index contributed by atoms with van der Waals surface area (Å²) in [5.41, 5.74) is 2.36. The number of nitrogens with zero attached hydrogens (tertiary/aromatic N) is 1. The normalized spacial score (nSPS) is 16.2. The molecular weight excluding hydrogens is 399 g/mol. The topological polar surface area (TPSA) is 12.5 Å². The van der Waals surface area contributed by atoms with Crippen molar-refractivity contribution in [2.75, 3.05) is 26.7 Å². The van der Waals surface area contributed by atoms with E-state index in [0.29, 0.717) is 11.5 Å². The predicted molar refractivity (Wildman–Crippen MR) is 119 cm³/mol. The molecule has 0 fully saturated rings. The molecule has 0 spiro atoms. The lowest BCUT2D eigenvalue weighted by molar-refractivity contribution is -0.137. The van der Waals surface area contributed by atoms with E-state index in [-0.39, 0.29) is 0 Å². The third-order valence-corrected chi connectivity index (χ3v) is 6.03. The van der Waals surface area contributed by atoms with Gasteiger partial charge in [0.2, 0.25) is 0 Å². The molecule has 0 aromatic heterocycles. The smallest absolute Gasteiger partial charge is 0.416 e. The average Bonchev–Trinajstić information content (AvgIpc) is 2.78. The second-order valence-electron chi connectivity index (χ2n) is 8.19. The van der Waals surface area contributed by atoms with Crippen molar-refractivity contribution in [1.29, 1.82) is 0 Å². The first-order valence-electron chi connectivity index (χ1n) is 10.5. The van der Waals surface area contributed by atoms with Crippen LogP contribution < -0.4 is 4.74 Å². The van der Waals surface area contributed by atoms with E-state index < -0.39 is 11.7 Å². The van der Waals surface area contributed by atoms with Crippen molar-refractivity contribution in [2.45, 2.75) is 25.4 Å². The Labute approximate surface area is 180 Å². The molecule has 0 N–H and O–H groups in total. The van der Waals surface area contributed by atoms with Crippen molar-refractivity contribution >= 4 is 16.3 Å². The fraction of sp³-hybridized carbons (Fsp3) is 0.308. The van der Waals surface area contributed by atoms with E-state index in [2.05, 4.69) is 42.2 Å².